The van der Waals surface area contributed by atoms with E-state index in [9.17, 15) is 4.79 Å². The molecule has 1 amide bonds. The number of nitrogens with two attached hydrogens (primary N) is 1. The molecule has 7 heteroatoms. The van der Waals surface area contributed by atoms with Crippen LogP contribution in [0.1, 0.15) is 35.0 Å². The minimum Gasteiger partial charge on any atom is -0.341 e. The lowest BCUT2D eigenvalue weighted by Crippen LogP contribution is -2.31. The maximum absolute atomic E-state index is 13.3. The Hall–Kier alpha value is -3.32. The van der Waals surface area contributed by atoms with Crippen LogP contribution in [0.15, 0.2) is 78.0 Å². The lowest BCUT2D eigenvalue weighted by molar-refractivity contribution is -0.129. The first kappa shape index (κ1) is 20.6. The highest BCUT2D eigenvalue weighted by molar-refractivity contribution is 8.00. The number of hydrogen-bond donors (Lipinski definition) is 1. The van der Waals surface area contributed by atoms with Crippen molar-refractivity contribution < 1.29 is 4.79 Å². The van der Waals surface area contributed by atoms with Gasteiger partial charge in [0.2, 0.25) is 11.1 Å². The van der Waals surface area contributed by atoms with Gasteiger partial charge in [-0.1, -0.05) is 84.6 Å². The highest BCUT2D eigenvalue weighted by Gasteiger charge is 2.30. The summed E-state index contributed by atoms with van der Waals surface area (Å²) in [6.07, 6.45) is 2.68. The maximum atomic E-state index is 13.3. The van der Waals surface area contributed by atoms with Crippen molar-refractivity contribution >= 4 is 28.4 Å². The predicted octanol–water partition coefficient (Wildman–Crippen LogP) is 4.19. The van der Waals surface area contributed by atoms with E-state index in [-0.39, 0.29) is 5.91 Å². The van der Waals surface area contributed by atoms with Crippen molar-refractivity contribution in [3.8, 4) is 0 Å². The molecule has 0 radical (unpaired) electrons. The number of rotatable bonds is 6. The number of hydrogen-bond acceptors (Lipinski definition) is 5. The zero-order chi connectivity index (χ0) is 21.9. The zero-order valence-corrected chi connectivity index (χ0v) is 18.5. The third kappa shape index (κ3) is 4.08. The van der Waals surface area contributed by atoms with Crippen molar-refractivity contribution in [2.75, 3.05) is 18.9 Å². The van der Waals surface area contributed by atoms with Crippen molar-refractivity contribution in [2.24, 2.45) is 0 Å². The van der Waals surface area contributed by atoms with Crippen LogP contribution < -0.4 is 5.84 Å². The van der Waals surface area contributed by atoms with Crippen molar-refractivity contribution in [2.45, 2.75) is 29.7 Å². The average molecular weight is 444 g/mol. The van der Waals surface area contributed by atoms with Crippen molar-refractivity contribution in [3.05, 3.63) is 89.7 Å². The summed E-state index contributed by atoms with van der Waals surface area (Å²) in [6.45, 7) is 1.62. The third-order valence-electron chi connectivity index (χ3n) is 5.93. The molecule has 1 aromatic heterocycles. The fraction of sp³-hybridized carbons (Fsp3) is 0.240. The Morgan fingerprint density at radius 1 is 0.938 bits per heavy atom. The van der Waals surface area contributed by atoms with Gasteiger partial charge in [0, 0.05) is 19.5 Å². The molecule has 3 aromatic carbocycles. The quantitative estimate of drug-likeness (QED) is 0.357. The second-order valence-corrected chi connectivity index (χ2v) is 9.10. The Morgan fingerprint density at radius 2 is 1.66 bits per heavy atom. The molecule has 1 fully saturated rings. The Bertz CT molecular complexity index is 1230. The average Bonchev–Trinajstić information content (AvgIpc) is 3.49. The van der Waals surface area contributed by atoms with Crippen LogP contribution in [0, 0.1) is 0 Å². The lowest BCUT2D eigenvalue weighted by atomic mass is 10.0. The van der Waals surface area contributed by atoms with E-state index in [4.69, 9.17) is 5.84 Å². The molecule has 5 rings (SSSR count). The predicted molar refractivity (Wildman–Crippen MR) is 128 cm³/mol. The van der Waals surface area contributed by atoms with E-state index >= 15 is 0 Å². The number of benzene rings is 3. The van der Waals surface area contributed by atoms with E-state index in [1.165, 1.54) is 27.2 Å². The molecule has 0 saturated carbocycles. The molecule has 0 aliphatic carbocycles. The first-order valence-electron chi connectivity index (χ1n) is 10.9. The number of likely N-dealkylation sites (tertiary alicyclic amines) is 1. The molecule has 162 valence electrons. The Morgan fingerprint density at radius 3 is 2.47 bits per heavy atom. The van der Waals surface area contributed by atoms with Gasteiger partial charge in [0.05, 0.1) is 0 Å². The first-order valence-corrected chi connectivity index (χ1v) is 11.7. The van der Waals surface area contributed by atoms with Gasteiger partial charge >= 0.3 is 0 Å². The van der Waals surface area contributed by atoms with Crippen LogP contribution in [0.5, 0.6) is 0 Å². The van der Waals surface area contributed by atoms with E-state index in [2.05, 4.69) is 34.5 Å². The van der Waals surface area contributed by atoms with Gasteiger partial charge in [-0.05, 0) is 34.7 Å². The Labute approximate surface area is 191 Å². The molecular weight excluding hydrogens is 418 g/mol. The number of nitrogen functional groups attached to an aromatic ring is 1. The van der Waals surface area contributed by atoms with Gasteiger partial charge in [-0.25, -0.2) is 4.68 Å². The van der Waals surface area contributed by atoms with Crippen molar-refractivity contribution in [3.63, 3.8) is 0 Å². The van der Waals surface area contributed by atoms with Gasteiger partial charge < -0.3 is 10.7 Å². The van der Waals surface area contributed by atoms with E-state index in [1.54, 1.807) is 0 Å². The molecule has 1 saturated heterocycles. The minimum absolute atomic E-state index is 0.109. The molecule has 1 aliphatic rings. The number of carbonyl (C=O) groups is 1. The minimum atomic E-state index is -0.397. The summed E-state index contributed by atoms with van der Waals surface area (Å²) in [5, 5.41) is 11.2. The molecule has 1 atom stereocenters. The van der Waals surface area contributed by atoms with Crippen LogP contribution >= 0.6 is 11.8 Å². The molecule has 2 heterocycles. The van der Waals surface area contributed by atoms with Gasteiger partial charge in [0.1, 0.15) is 5.25 Å². The van der Waals surface area contributed by atoms with Crippen molar-refractivity contribution in [1.29, 1.82) is 0 Å². The Balaban J connectivity index is 1.42. The van der Waals surface area contributed by atoms with E-state index in [0.29, 0.717) is 17.4 Å². The number of carbonyl (C=O) groups excluding carboxylic acids is 1. The van der Waals surface area contributed by atoms with E-state index in [0.717, 1.165) is 37.1 Å². The van der Waals surface area contributed by atoms with Crippen LogP contribution in [-0.2, 0) is 11.2 Å². The topological polar surface area (TPSA) is 77.0 Å². The third-order valence-corrected chi connectivity index (χ3v) is 7.13. The summed E-state index contributed by atoms with van der Waals surface area (Å²) in [5.41, 5.74) is 2.10. The number of aromatic nitrogens is 3. The fourth-order valence-electron chi connectivity index (χ4n) is 4.22. The molecule has 0 spiro atoms. The summed E-state index contributed by atoms with van der Waals surface area (Å²) in [7, 11) is 0. The number of thioether (sulfide) groups is 1. The SMILES string of the molecule is Nn1c(Cc2cccc3ccccc23)nnc1SC(C(=O)N1CCCC1)c1ccccc1. The Kier molecular flexibility index (Phi) is 5.81. The number of fused-ring (bicyclic) bond motifs is 1. The second kappa shape index (κ2) is 9.04. The molecule has 1 unspecified atom stereocenters. The van der Waals surface area contributed by atoms with Gasteiger partial charge in [0.15, 0.2) is 5.82 Å². The first-order chi connectivity index (χ1) is 15.7. The van der Waals surface area contributed by atoms with Crippen LogP contribution in [0.2, 0.25) is 0 Å². The molecular formula is C25H25N5OS. The van der Waals surface area contributed by atoms with Gasteiger partial charge in [-0.3, -0.25) is 4.79 Å². The van der Waals surface area contributed by atoms with Crippen LogP contribution in [-0.4, -0.2) is 38.8 Å². The normalized spacial score (nSPS) is 14.7. The molecule has 1 aliphatic heterocycles. The highest BCUT2D eigenvalue weighted by Crippen LogP contribution is 2.36. The standard InChI is InChI=1S/C25H25N5OS/c26-30-22(17-20-13-8-12-18-9-4-5-14-21(18)20)27-28-25(30)32-23(19-10-2-1-3-11-19)24(31)29-15-6-7-16-29/h1-5,8-14,23H,6-7,15-17,26H2. The second-order valence-electron chi connectivity index (χ2n) is 8.02. The van der Waals surface area contributed by atoms with Crippen LogP contribution in [0.4, 0.5) is 0 Å². The lowest BCUT2D eigenvalue weighted by Gasteiger charge is -2.22. The zero-order valence-electron chi connectivity index (χ0n) is 17.7. The fourth-order valence-corrected chi connectivity index (χ4v) is 5.28. The molecule has 4 aromatic rings. The molecule has 6 nitrogen and oxygen atoms in total. The smallest absolute Gasteiger partial charge is 0.240 e. The van der Waals surface area contributed by atoms with Gasteiger partial charge in [0.25, 0.3) is 0 Å². The van der Waals surface area contributed by atoms with Gasteiger partial charge in [-0.2, -0.15) is 0 Å². The number of nitrogens with zero attached hydrogens (tertiary/aromatic N) is 4. The number of amides is 1. The van der Waals surface area contributed by atoms with Crippen LogP contribution in [0.25, 0.3) is 10.8 Å². The molecule has 2 N–H and O–H groups in total. The summed E-state index contributed by atoms with van der Waals surface area (Å²) in [4.78, 5) is 15.3. The summed E-state index contributed by atoms with van der Waals surface area (Å²) in [6, 6.07) is 24.4. The van der Waals surface area contributed by atoms with Crippen molar-refractivity contribution in [1.82, 2.24) is 19.8 Å². The monoisotopic (exact) mass is 443 g/mol. The summed E-state index contributed by atoms with van der Waals surface area (Å²) < 4.78 is 1.53. The molecule has 32 heavy (non-hydrogen) atoms. The molecule has 0 bridgehead atoms. The maximum Gasteiger partial charge on any atom is 0.240 e. The highest BCUT2D eigenvalue weighted by atomic mass is 32.2. The van der Waals surface area contributed by atoms with E-state index < -0.39 is 5.25 Å². The van der Waals surface area contributed by atoms with E-state index in [1.807, 2.05) is 53.4 Å². The van der Waals surface area contributed by atoms with Gasteiger partial charge in [-0.15, -0.1) is 10.2 Å². The largest absolute Gasteiger partial charge is 0.341 e. The summed E-state index contributed by atoms with van der Waals surface area (Å²) >= 11 is 1.37. The van der Waals surface area contributed by atoms with Crippen LogP contribution in [0.3, 0.4) is 0 Å². The summed E-state index contributed by atoms with van der Waals surface area (Å²) in [5.74, 6) is 7.20.